The van der Waals surface area contributed by atoms with Gasteiger partial charge in [-0.15, -0.1) is 11.3 Å². The highest BCUT2D eigenvalue weighted by Gasteiger charge is 2.07. The summed E-state index contributed by atoms with van der Waals surface area (Å²) in [5.41, 5.74) is 0. The van der Waals surface area contributed by atoms with E-state index in [1.54, 1.807) is 41.7 Å². The molecule has 0 spiro atoms. The summed E-state index contributed by atoms with van der Waals surface area (Å²) in [6, 6.07) is 4.08. The number of anilines is 2. The summed E-state index contributed by atoms with van der Waals surface area (Å²) in [6.07, 6.45) is 5.12. The second kappa shape index (κ2) is 5.66. The van der Waals surface area contributed by atoms with Crippen molar-refractivity contribution < 1.29 is 0 Å². The van der Waals surface area contributed by atoms with E-state index in [-0.39, 0.29) is 0 Å². The van der Waals surface area contributed by atoms with Crippen LogP contribution < -0.4 is 10.6 Å². The van der Waals surface area contributed by atoms with E-state index in [2.05, 4.69) is 36.6 Å². The minimum absolute atomic E-state index is 0.511. The lowest BCUT2D eigenvalue weighted by atomic mass is 10.5. The molecule has 3 rings (SSSR count). The largest absolute Gasteiger partial charge is 0.357 e. The third-order valence-corrected chi connectivity index (χ3v) is 3.46. The molecule has 3 aromatic heterocycles. The average molecular weight is 287 g/mol. The second-order valence-electron chi connectivity index (χ2n) is 3.94. The Morgan fingerprint density at radius 3 is 2.85 bits per heavy atom. The van der Waals surface area contributed by atoms with Crippen LogP contribution in [0.1, 0.15) is 4.88 Å². The van der Waals surface area contributed by atoms with E-state index in [4.69, 9.17) is 0 Å². The number of thiophene rings is 1. The van der Waals surface area contributed by atoms with Crippen molar-refractivity contribution in [1.82, 2.24) is 24.5 Å². The van der Waals surface area contributed by atoms with Crippen LogP contribution in [0.4, 0.5) is 11.9 Å². The Kier molecular flexibility index (Phi) is 3.55. The van der Waals surface area contributed by atoms with Gasteiger partial charge in [-0.05, 0) is 11.4 Å². The first-order valence-electron chi connectivity index (χ1n) is 6.03. The van der Waals surface area contributed by atoms with Gasteiger partial charge in [0.05, 0.1) is 6.54 Å². The van der Waals surface area contributed by atoms with E-state index >= 15 is 0 Å². The molecule has 0 fully saturated rings. The van der Waals surface area contributed by atoms with Gasteiger partial charge in [0, 0.05) is 24.3 Å². The molecule has 7 nitrogen and oxygen atoms in total. The van der Waals surface area contributed by atoms with Crippen LogP contribution in [0, 0.1) is 0 Å². The summed E-state index contributed by atoms with van der Waals surface area (Å²) < 4.78 is 1.73. The highest BCUT2D eigenvalue weighted by atomic mass is 32.1. The molecule has 8 heteroatoms. The number of aromatic nitrogens is 5. The average Bonchev–Trinajstić information content (AvgIpc) is 3.17. The van der Waals surface area contributed by atoms with Gasteiger partial charge in [-0.1, -0.05) is 6.07 Å². The fourth-order valence-electron chi connectivity index (χ4n) is 1.63. The zero-order valence-corrected chi connectivity index (χ0v) is 11.6. The monoisotopic (exact) mass is 287 g/mol. The summed E-state index contributed by atoms with van der Waals surface area (Å²) in [6.45, 7) is 0.689. The Morgan fingerprint density at radius 1 is 1.25 bits per heavy atom. The van der Waals surface area contributed by atoms with Crippen molar-refractivity contribution in [2.45, 2.75) is 6.54 Å². The van der Waals surface area contributed by atoms with E-state index in [0.717, 1.165) is 0 Å². The van der Waals surface area contributed by atoms with E-state index in [0.29, 0.717) is 24.4 Å². The molecule has 0 amide bonds. The van der Waals surface area contributed by atoms with Crippen LogP contribution in [0.2, 0.25) is 0 Å². The maximum absolute atomic E-state index is 4.38. The van der Waals surface area contributed by atoms with Crippen LogP contribution in [0.3, 0.4) is 0 Å². The van der Waals surface area contributed by atoms with Gasteiger partial charge in [-0.3, -0.25) is 4.57 Å². The number of nitrogens with zero attached hydrogens (tertiary/aromatic N) is 5. The van der Waals surface area contributed by atoms with Crippen LogP contribution in [0.5, 0.6) is 0 Å². The molecule has 0 unspecified atom stereocenters. The highest BCUT2D eigenvalue weighted by Crippen LogP contribution is 2.12. The first kappa shape index (κ1) is 12.5. The lowest BCUT2D eigenvalue weighted by Crippen LogP contribution is -2.10. The Balaban J connectivity index is 1.84. The van der Waals surface area contributed by atoms with Crippen molar-refractivity contribution in [2.75, 3.05) is 17.7 Å². The van der Waals surface area contributed by atoms with Crippen molar-refractivity contribution in [2.24, 2.45) is 0 Å². The van der Waals surface area contributed by atoms with E-state index in [9.17, 15) is 0 Å². The van der Waals surface area contributed by atoms with Crippen LogP contribution in [-0.2, 0) is 6.54 Å². The van der Waals surface area contributed by atoms with Crippen LogP contribution in [0.15, 0.2) is 36.2 Å². The topological polar surface area (TPSA) is 80.5 Å². The minimum atomic E-state index is 0.511. The smallest absolute Gasteiger partial charge is 0.241 e. The van der Waals surface area contributed by atoms with Gasteiger partial charge in [-0.25, -0.2) is 4.98 Å². The number of hydrogen-bond donors (Lipinski definition) is 2. The molecule has 0 saturated carbocycles. The predicted octanol–water partition coefficient (Wildman–Crippen LogP) is 1.77. The first-order chi connectivity index (χ1) is 9.85. The molecule has 0 aliphatic rings. The summed E-state index contributed by atoms with van der Waals surface area (Å²) in [7, 11) is 1.77. The fraction of sp³-hybridized carbons (Fsp3) is 0.167. The molecule has 0 atom stereocenters. The Hall–Kier alpha value is -2.48. The van der Waals surface area contributed by atoms with Gasteiger partial charge in [0.15, 0.2) is 0 Å². The molecule has 3 aromatic rings. The maximum atomic E-state index is 4.38. The SMILES string of the molecule is CNc1nc(NCc2cccs2)nc(-n2ccnc2)n1. The normalized spacial score (nSPS) is 10.4. The molecule has 0 saturated heterocycles. The van der Waals surface area contributed by atoms with Gasteiger partial charge in [0.2, 0.25) is 17.8 Å². The molecule has 2 N–H and O–H groups in total. The van der Waals surface area contributed by atoms with Gasteiger partial charge in [0.25, 0.3) is 0 Å². The molecular formula is C12H13N7S. The van der Waals surface area contributed by atoms with E-state index < -0.39 is 0 Å². The Bertz CT molecular complexity index is 663. The number of rotatable bonds is 5. The standard InChI is InChI=1S/C12H13N7S/c1-13-10-16-11(15-7-9-3-2-6-20-9)18-12(17-10)19-5-4-14-8-19/h2-6,8H,7H2,1H3,(H2,13,15,16,17,18). The number of imidazole rings is 1. The van der Waals surface area contributed by atoms with Crippen molar-refractivity contribution in [3.8, 4) is 5.95 Å². The van der Waals surface area contributed by atoms with Crippen molar-refractivity contribution >= 4 is 23.2 Å². The minimum Gasteiger partial charge on any atom is -0.357 e. The number of nitrogens with one attached hydrogen (secondary N) is 2. The first-order valence-corrected chi connectivity index (χ1v) is 6.91. The second-order valence-corrected chi connectivity index (χ2v) is 4.97. The number of hydrogen-bond acceptors (Lipinski definition) is 7. The molecule has 0 aliphatic carbocycles. The molecule has 102 valence electrons. The zero-order valence-electron chi connectivity index (χ0n) is 10.8. The van der Waals surface area contributed by atoms with Crippen molar-refractivity contribution in [3.05, 3.63) is 41.1 Å². The maximum Gasteiger partial charge on any atom is 0.241 e. The molecule has 20 heavy (non-hydrogen) atoms. The summed E-state index contributed by atoms with van der Waals surface area (Å²) in [5, 5.41) is 8.17. The molecule has 0 aromatic carbocycles. The lowest BCUT2D eigenvalue weighted by molar-refractivity contribution is 0.892. The van der Waals surface area contributed by atoms with Gasteiger partial charge >= 0.3 is 0 Å². The molecule has 3 heterocycles. The van der Waals surface area contributed by atoms with Crippen LogP contribution >= 0.6 is 11.3 Å². The summed E-state index contributed by atoms with van der Waals surface area (Å²) in [4.78, 5) is 18.2. The molecule has 0 radical (unpaired) electrons. The van der Waals surface area contributed by atoms with Crippen LogP contribution in [-0.4, -0.2) is 31.6 Å². The fourth-order valence-corrected chi connectivity index (χ4v) is 2.27. The van der Waals surface area contributed by atoms with Gasteiger partial charge in [-0.2, -0.15) is 15.0 Å². The summed E-state index contributed by atoms with van der Waals surface area (Å²) >= 11 is 1.69. The van der Waals surface area contributed by atoms with Crippen molar-refractivity contribution in [1.29, 1.82) is 0 Å². The lowest BCUT2D eigenvalue weighted by Gasteiger charge is -2.08. The third kappa shape index (κ3) is 2.75. The van der Waals surface area contributed by atoms with Gasteiger partial charge < -0.3 is 10.6 Å². The Labute approximate surface area is 119 Å². The van der Waals surface area contributed by atoms with Crippen LogP contribution in [0.25, 0.3) is 5.95 Å². The van der Waals surface area contributed by atoms with E-state index in [1.165, 1.54) is 4.88 Å². The van der Waals surface area contributed by atoms with Crippen molar-refractivity contribution in [3.63, 3.8) is 0 Å². The molecular weight excluding hydrogens is 274 g/mol. The Morgan fingerprint density at radius 2 is 2.15 bits per heavy atom. The van der Waals surface area contributed by atoms with E-state index in [1.807, 2.05) is 11.4 Å². The quantitative estimate of drug-likeness (QED) is 0.744. The summed E-state index contributed by atoms with van der Waals surface area (Å²) in [5.74, 6) is 1.56. The molecule has 0 bridgehead atoms. The van der Waals surface area contributed by atoms with Gasteiger partial charge in [0.1, 0.15) is 6.33 Å². The molecule has 0 aliphatic heterocycles. The highest BCUT2D eigenvalue weighted by molar-refractivity contribution is 7.09. The zero-order chi connectivity index (χ0) is 13.8. The predicted molar refractivity (Wildman–Crippen MR) is 78.1 cm³/mol. The third-order valence-electron chi connectivity index (χ3n) is 2.58.